The highest BCUT2D eigenvalue weighted by molar-refractivity contribution is 7.15. The second-order valence-electron chi connectivity index (χ2n) is 6.29. The highest BCUT2D eigenvalue weighted by Crippen LogP contribution is 2.23. The number of ether oxygens (including phenoxy) is 1. The largest absolute Gasteiger partial charge is 0.379 e. The SMILES string of the molecule is O=C(NCCN1CCOCC1)c1cnc2scc(-c3ccccc3)n2c1=O. The van der Waals surface area contributed by atoms with Crippen molar-refractivity contribution in [2.45, 2.75) is 0 Å². The van der Waals surface area contributed by atoms with Crippen LogP contribution in [0.15, 0.2) is 46.7 Å². The average Bonchev–Trinajstić information content (AvgIpc) is 3.15. The molecule has 2 aromatic heterocycles. The first-order valence-electron chi connectivity index (χ1n) is 8.87. The topological polar surface area (TPSA) is 75.9 Å². The molecule has 0 bridgehead atoms. The van der Waals surface area contributed by atoms with E-state index in [1.165, 1.54) is 21.9 Å². The van der Waals surface area contributed by atoms with Gasteiger partial charge in [-0.1, -0.05) is 30.3 Å². The fourth-order valence-electron chi connectivity index (χ4n) is 3.11. The lowest BCUT2D eigenvalue weighted by molar-refractivity contribution is 0.0383. The standard InChI is InChI=1S/C19H20N4O3S/c24-17(20-6-7-22-8-10-26-11-9-22)15-12-21-19-23(18(15)25)16(13-27-19)14-4-2-1-3-5-14/h1-5,12-13H,6-11H2,(H,20,24). The number of fused-ring (bicyclic) bond motifs is 1. The number of nitrogens with zero attached hydrogens (tertiary/aromatic N) is 3. The summed E-state index contributed by atoms with van der Waals surface area (Å²) >= 11 is 1.38. The summed E-state index contributed by atoms with van der Waals surface area (Å²) < 4.78 is 6.82. The predicted molar refractivity (Wildman–Crippen MR) is 104 cm³/mol. The Balaban J connectivity index is 1.54. The summed E-state index contributed by atoms with van der Waals surface area (Å²) in [7, 11) is 0. The lowest BCUT2D eigenvalue weighted by Crippen LogP contribution is -2.42. The van der Waals surface area contributed by atoms with Crippen LogP contribution >= 0.6 is 11.3 Å². The van der Waals surface area contributed by atoms with Gasteiger partial charge >= 0.3 is 0 Å². The third-order valence-corrected chi connectivity index (χ3v) is 5.42. The average molecular weight is 384 g/mol. The molecule has 4 rings (SSSR count). The van der Waals surface area contributed by atoms with Crippen LogP contribution in [0.1, 0.15) is 10.4 Å². The van der Waals surface area contributed by atoms with Gasteiger partial charge in [-0.2, -0.15) is 0 Å². The van der Waals surface area contributed by atoms with Gasteiger partial charge in [0.15, 0.2) is 4.96 Å². The Hall–Kier alpha value is -2.55. The summed E-state index contributed by atoms with van der Waals surface area (Å²) in [6.45, 7) is 4.38. The number of hydrogen-bond acceptors (Lipinski definition) is 6. The summed E-state index contributed by atoms with van der Waals surface area (Å²) in [5.41, 5.74) is 1.38. The summed E-state index contributed by atoms with van der Waals surface area (Å²) in [5.74, 6) is -0.389. The third-order valence-electron chi connectivity index (χ3n) is 4.58. The van der Waals surface area contributed by atoms with E-state index in [9.17, 15) is 9.59 Å². The van der Waals surface area contributed by atoms with Crippen molar-refractivity contribution in [1.82, 2.24) is 19.6 Å². The van der Waals surface area contributed by atoms with E-state index in [1.54, 1.807) is 0 Å². The molecule has 1 aliphatic heterocycles. The van der Waals surface area contributed by atoms with Crippen LogP contribution in [0.4, 0.5) is 0 Å². The van der Waals surface area contributed by atoms with Gasteiger partial charge in [-0.15, -0.1) is 11.3 Å². The predicted octanol–water partition coefficient (Wildman–Crippen LogP) is 1.49. The number of benzene rings is 1. The zero-order valence-corrected chi connectivity index (χ0v) is 15.6. The molecule has 0 radical (unpaired) electrons. The minimum absolute atomic E-state index is 0.0602. The first kappa shape index (κ1) is 17.8. The monoisotopic (exact) mass is 384 g/mol. The van der Waals surface area contributed by atoms with E-state index >= 15 is 0 Å². The van der Waals surface area contributed by atoms with Crippen molar-refractivity contribution in [2.75, 3.05) is 39.4 Å². The smallest absolute Gasteiger partial charge is 0.271 e. The van der Waals surface area contributed by atoms with Gasteiger partial charge in [-0.25, -0.2) is 4.98 Å². The van der Waals surface area contributed by atoms with Gasteiger partial charge in [-0.3, -0.25) is 18.9 Å². The highest BCUT2D eigenvalue weighted by atomic mass is 32.1. The molecule has 27 heavy (non-hydrogen) atoms. The maximum absolute atomic E-state index is 12.9. The van der Waals surface area contributed by atoms with Crippen LogP contribution in [0.25, 0.3) is 16.2 Å². The second kappa shape index (κ2) is 7.99. The number of rotatable bonds is 5. The van der Waals surface area contributed by atoms with E-state index in [2.05, 4.69) is 15.2 Å². The van der Waals surface area contributed by atoms with Crippen LogP contribution in [-0.4, -0.2) is 59.6 Å². The molecule has 3 aromatic rings. The molecule has 0 aliphatic carbocycles. The third kappa shape index (κ3) is 3.78. The molecule has 1 amide bonds. The minimum atomic E-state index is -0.389. The second-order valence-corrected chi connectivity index (χ2v) is 7.13. The molecule has 1 aromatic carbocycles. The molecule has 3 heterocycles. The van der Waals surface area contributed by atoms with E-state index in [0.29, 0.717) is 11.5 Å². The van der Waals surface area contributed by atoms with Gasteiger partial charge in [0, 0.05) is 37.8 Å². The molecule has 1 aliphatic rings. The van der Waals surface area contributed by atoms with Gasteiger partial charge in [0.2, 0.25) is 0 Å². The Morgan fingerprint density at radius 1 is 1.22 bits per heavy atom. The fourth-order valence-corrected chi connectivity index (χ4v) is 3.96. The van der Waals surface area contributed by atoms with Gasteiger partial charge in [0.05, 0.1) is 18.9 Å². The Kier molecular flexibility index (Phi) is 5.28. The van der Waals surface area contributed by atoms with Crippen molar-refractivity contribution in [3.63, 3.8) is 0 Å². The van der Waals surface area contributed by atoms with Crippen LogP contribution in [0, 0.1) is 0 Å². The minimum Gasteiger partial charge on any atom is -0.379 e. The molecule has 0 saturated carbocycles. The van der Waals surface area contributed by atoms with Crippen molar-refractivity contribution in [1.29, 1.82) is 0 Å². The first-order chi connectivity index (χ1) is 13.2. The normalized spacial score (nSPS) is 15.1. The zero-order valence-electron chi connectivity index (χ0n) is 14.8. The Morgan fingerprint density at radius 3 is 2.78 bits per heavy atom. The van der Waals surface area contributed by atoms with E-state index < -0.39 is 0 Å². The van der Waals surface area contributed by atoms with E-state index in [-0.39, 0.29) is 17.0 Å². The molecule has 0 spiro atoms. The summed E-state index contributed by atoms with van der Waals surface area (Å²) in [6.07, 6.45) is 1.37. The van der Waals surface area contributed by atoms with Gasteiger partial charge in [-0.05, 0) is 5.56 Å². The molecule has 1 fully saturated rings. The molecule has 1 N–H and O–H groups in total. The van der Waals surface area contributed by atoms with Gasteiger partial charge in [0.25, 0.3) is 11.5 Å². The number of carbonyl (C=O) groups is 1. The molecule has 140 valence electrons. The van der Waals surface area contributed by atoms with Crippen molar-refractivity contribution < 1.29 is 9.53 Å². The number of carbonyl (C=O) groups excluding carboxylic acids is 1. The quantitative estimate of drug-likeness (QED) is 0.721. The molecular formula is C19H20N4O3S. The lowest BCUT2D eigenvalue weighted by Gasteiger charge is -2.26. The lowest BCUT2D eigenvalue weighted by atomic mass is 10.2. The summed E-state index contributed by atoms with van der Waals surface area (Å²) in [6, 6.07) is 9.62. The van der Waals surface area contributed by atoms with Crippen molar-refractivity contribution in [3.05, 3.63) is 57.8 Å². The van der Waals surface area contributed by atoms with E-state index in [1.807, 2.05) is 35.7 Å². The van der Waals surface area contributed by atoms with Crippen molar-refractivity contribution >= 4 is 22.2 Å². The maximum atomic E-state index is 12.9. The molecular weight excluding hydrogens is 364 g/mol. The molecule has 1 saturated heterocycles. The van der Waals surface area contributed by atoms with Crippen LogP contribution in [0.2, 0.25) is 0 Å². The number of thiazole rings is 1. The number of hydrogen-bond donors (Lipinski definition) is 1. The first-order valence-corrected chi connectivity index (χ1v) is 9.75. The molecule has 7 nitrogen and oxygen atoms in total. The Morgan fingerprint density at radius 2 is 2.00 bits per heavy atom. The highest BCUT2D eigenvalue weighted by Gasteiger charge is 2.17. The van der Waals surface area contributed by atoms with Crippen LogP contribution in [-0.2, 0) is 4.74 Å². The fraction of sp³-hybridized carbons (Fsp3) is 0.316. The summed E-state index contributed by atoms with van der Waals surface area (Å²) in [4.78, 5) is 32.5. The Bertz CT molecular complexity index is 993. The van der Waals surface area contributed by atoms with Crippen molar-refractivity contribution in [3.8, 4) is 11.3 Å². The van der Waals surface area contributed by atoms with Crippen LogP contribution in [0.5, 0.6) is 0 Å². The van der Waals surface area contributed by atoms with E-state index in [4.69, 9.17) is 4.74 Å². The van der Waals surface area contributed by atoms with Gasteiger partial charge < -0.3 is 10.1 Å². The van der Waals surface area contributed by atoms with Crippen LogP contribution in [0.3, 0.4) is 0 Å². The number of amides is 1. The molecule has 8 heteroatoms. The molecule has 0 unspecified atom stereocenters. The van der Waals surface area contributed by atoms with E-state index in [0.717, 1.165) is 44.1 Å². The molecule has 0 atom stereocenters. The Labute approximate surface area is 160 Å². The maximum Gasteiger partial charge on any atom is 0.271 e. The van der Waals surface area contributed by atoms with Crippen LogP contribution < -0.4 is 10.9 Å². The zero-order chi connectivity index (χ0) is 18.6. The van der Waals surface area contributed by atoms with Gasteiger partial charge in [0.1, 0.15) is 5.56 Å². The number of morpholine rings is 1. The van der Waals surface area contributed by atoms with Crippen molar-refractivity contribution in [2.24, 2.45) is 0 Å². The number of nitrogens with one attached hydrogen (secondary N) is 1. The summed E-state index contributed by atoms with van der Waals surface area (Å²) in [5, 5.41) is 4.72. The number of aromatic nitrogens is 2.